The number of primary amides is 1. The highest BCUT2D eigenvalue weighted by atomic mass is 32.2. The van der Waals surface area contributed by atoms with Crippen molar-refractivity contribution in [1.29, 1.82) is 0 Å². The number of benzene rings is 2. The molecule has 0 bridgehead atoms. The highest BCUT2D eigenvalue weighted by Crippen LogP contribution is 2.28. The molecule has 5 nitrogen and oxygen atoms in total. The first kappa shape index (κ1) is 19.7. The maximum Gasteiger partial charge on any atom is 0.257 e. The monoisotopic (exact) mass is 397 g/mol. The number of halogens is 1. The third-order valence-electron chi connectivity index (χ3n) is 4.27. The number of hydrogen-bond donors (Lipinski definition) is 2. The molecule has 0 unspecified atom stereocenters. The summed E-state index contributed by atoms with van der Waals surface area (Å²) in [7, 11) is 0. The van der Waals surface area contributed by atoms with Gasteiger partial charge in [0.05, 0.1) is 22.7 Å². The standard InChI is InChI=1S/C21H20FN3O2S/c1-13-11-15(14(2)25(13)18-9-5-3-7-16(18)22)21(27)24-17-8-4-6-10-19(17)28-12-20(23)26/h3-11H,12H2,1-2H3,(H2,23,26)(H,24,27). The number of aryl methyl sites for hydroxylation is 1. The smallest absolute Gasteiger partial charge is 0.257 e. The van der Waals surface area contributed by atoms with Crippen LogP contribution in [0.25, 0.3) is 5.69 Å². The number of amides is 2. The van der Waals surface area contributed by atoms with E-state index in [0.717, 1.165) is 10.6 Å². The Morgan fingerprint density at radius 3 is 2.50 bits per heavy atom. The highest BCUT2D eigenvalue weighted by Gasteiger charge is 2.19. The van der Waals surface area contributed by atoms with E-state index in [1.807, 2.05) is 19.1 Å². The van der Waals surface area contributed by atoms with Gasteiger partial charge in [0, 0.05) is 16.3 Å². The first-order chi connectivity index (χ1) is 13.4. The van der Waals surface area contributed by atoms with Crippen molar-refractivity contribution in [1.82, 2.24) is 4.57 Å². The molecule has 7 heteroatoms. The van der Waals surface area contributed by atoms with Crippen LogP contribution < -0.4 is 11.1 Å². The third kappa shape index (κ3) is 4.09. The summed E-state index contributed by atoms with van der Waals surface area (Å²) >= 11 is 1.26. The van der Waals surface area contributed by atoms with Crippen LogP contribution in [0.3, 0.4) is 0 Å². The first-order valence-electron chi connectivity index (χ1n) is 8.64. The molecular weight excluding hydrogens is 377 g/mol. The number of aromatic nitrogens is 1. The summed E-state index contributed by atoms with van der Waals surface area (Å²) in [5.41, 5.74) is 8.05. The first-order valence-corrected chi connectivity index (χ1v) is 9.62. The summed E-state index contributed by atoms with van der Waals surface area (Å²) in [4.78, 5) is 24.7. The molecule has 3 aromatic rings. The van der Waals surface area contributed by atoms with Crippen molar-refractivity contribution in [2.75, 3.05) is 11.1 Å². The summed E-state index contributed by atoms with van der Waals surface area (Å²) < 4.78 is 16.0. The Morgan fingerprint density at radius 2 is 1.79 bits per heavy atom. The third-order valence-corrected chi connectivity index (χ3v) is 5.37. The summed E-state index contributed by atoms with van der Waals surface area (Å²) in [6.45, 7) is 3.61. The largest absolute Gasteiger partial charge is 0.369 e. The van der Waals surface area contributed by atoms with Gasteiger partial charge in [-0.05, 0) is 44.2 Å². The Hall–Kier alpha value is -3.06. The van der Waals surface area contributed by atoms with Crippen LogP contribution in [0.4, 0.5) is 10.1 Å². The van der Waals surface area contributed by atoms with Gasteiger partial charge in [0.2, 0.25) is 5.91 Å². The van der Waals surface area contributed by atoms with Crippen LogP contribution in [0.2, 0.25) is 0 Å². The molecule has 0 fully saturated rings. The molecule has 2 amide bonds. The normalized spacial score (nSPS) is 10.7. The molecule has 0 aliphatic heterocycles. The second kappa shape index (κ2) is 8.31. The van der Waals surface area contributed by atoms with Gasteiger partial charge in [-0.3, -0.25) is 9.59 Å². The topological polar surface area (TPSA) is 77.1 Å². The molecule has 1 heterocycles. The summed E-state index contributed by atoms with van der Waals surface area (Å²) in [5.74, 6) is -0.971. The Bertz CT molecular complexity index is 1050. The van der Waals surface area contributed by atoms with Gasteiger partial charge in [-0.1, -0.05) is 24.3 Å². The summed E-state index contributed by atoms with van der Waals surface area (Å²) in [5, 5.41) is 2.88. The van der Waals surface area contributed by atoms with Crippen LogP contribution in [0.1, 0.15) is 21.7 Å². The fourth-order valence-electron chi connectivity index (χ4n) is 3.03. The number of carbonyl (C=O) groups excluding carboxylic acids is 2. The molecule has 144 valence electrons. The number of nitrogens with one attached hydrogen (secondary N) is 1. The number of anilines is 1. The van der Waals surface area contributed by atoms with E-state index in [0.29, 0.717) is 22.6 Å². The Balaban J connectivity index is 1.90. The van der Waals surface area contributed by atoms with Crippen molar-refractivity contribution in [3.8, 4) is 5.69 Å². The molecule has 1 aromatic heterocycles. The molecule has 0 atom stereocenters. The van der Waals surface area contributed by atoms with Crippen LogP contribution >= 0.6 is 11.8 Å². The number of carbonyl (C=O) groups is 2. The molecule has 3 N–H and O–H groups in total. The fraction of sp³-hybridized carbons (Fsp3) is 0.143. The van der Waals surface area contributed by atoms with Gasteiger partial charge < -0.3 is 15.6 Å². The Kier molecular flexibility index (Phi) is 5.84. The number of hydrogen-bond acceptors (Lipinski definition) is 3. The molecule has 28 heavy (non-hydrogen) atoms. The molecule has 2 aromatic carbocycles. The fourth-order valence-corrected chi connectivity index (χ4v) is 3.78. The molecule has 0 radical (unpaired) electrons. The van der Waals surface area contributed by atoms with E-state index in [4.69, 9.17) is 5.73 Å². The second-order valence-electron chi connectivity index (χ2n) is 6.28. The summed E-state index contributed by atoms with van der Waals surface area (Å²) in [6, 6.07) is 15.4. The number of nitrogens with two attached hydrogens (primary N) is 1. The molecular formula is C21H20FN3O2S. The van der Waals surface area contributed by atoms with Gasteiger partial charge in [0.1, 0.15) is 5.82 Å². The number of nitrogens with zero attached hydrogens (tertiary/aromatic N) is 1. The van der Waals surface area contributed by atoms with Crippen molar-refractivity contribution >= 4 is 29.3 Å². The van der Waals surface area contributed by atoms with E-state index < -0.39 is 5.91 Å². The van der Waals surface area contributed by atoms with Gasteiger partial charge in [-0.15, -0.1) is 11.8 Å². The number of rotatable bonds is 6. The quantitative estimate of drug-likeness (QED) is 0.616. The zero-order chi connectivity index (χ0) is 20.3. The Morgan fingerprint density at radius 1 is 1.11 bits per heavy atom. The molecule has 0 saturated carbocycles. The maximum atomic E-state index is 14.2. The lowest BCUT2D eigenvalue weighted by Crippen LogP contribution is -2.15. The second-order valence-corrected chi connectivity index (χ2v) is 7.29. The molecule has 0 saturated heterocycles. The lowest BCUT2D eigenvalue weighted by atomic mass is 10.2. The van der Waals surface area contributed by atoms with Gasteiger partial charge in [0.25, 0.3) is 5.91 Å². The minimum Gasteiger partial charge on any atom is -0.369 e. The molecule has 0 aliphatic carbocycles. The number of para-hydroxylation sites is 2. The van der Waals surface area contributed by atoms with Crippen molar-refractivity contribution in [3.63, 3.8) is 0 Å². The molecule has 0 spiro atoms. The van der Waals surface area contributed by atoms with Gasteiger partial charge in [-0.25, -0.2) is 4.39 Å². The minimum absolute atomic E-state index is 0.120. The van der Waals surface area contributed by atoms with Crippen LogP contribution in [0, 0.1) is 19.7 Å². The van der Waals surface area contributed by atoms with E-state index in [9.17, 15) is 14.0 Å². The van der Waals surface area contributed by atoms with Crippen molar-refractivity contribution in [2.24, 2.45) is 5.73 Å². The van der Waals surface area contributed by atoms with Crippen molar-refractivity contribution in [2.45, 2.75) is 18.7 Å². The summed E-state index contributed by atoms with van der Waals surface area (Å²) in [6.07, 6.45) is 0. The van der Waals surface area contributed by atoms with Crippen LogP contribution in [0.15, 0.2) is 59.5 Å². The van der Waals surface area contributed by atoms with Crippen molar-refractivity contribution < 1.29 is 14.0 Å². The average Bonchev–Trinajstić information content (AvgIpc) is 2.96. The Labute approximate surface area is 166 Å². The van der Waals surface area contributed by atoms with Gasteiger partial charge in [-0.2, -0.15) is 0 Å². The SMILES string of the molecule is Cc1cc(C(=O)Nc2ccccc2SCC(N)=O)c(C)n1-c1ccccc1F. The number of thioether (sulfide) groups is 1. The van der Waals surface area contributed by atoms with E-state index in [1.165, 1.54) is 17.8 Å². The molecule has 0 aliphatic rings. The van der Waals surface area contributed by atoms with Crippen LogP contribution in [0.5, 0.6) is 0 Å². The van der Waals surface area contributed by atoms with E-state index >= 15 is 0 Å². The molecule has 3 rings (SSSR count). The zero-order valence-electron chi connectivity index (χ0n) is 15.5. The average molecular weight is 397 g/mol. The van der Waals surface area contributed by atoms with Gasteiger partial charge >= 0.3 is 0 Å². The van der Waals surface area contributed by atoms with E-state index in [2.05, 4.69) is 5.32 Å². The predicted molar refractivity (Wildman–Crippen MR) is 110 cm³/mol. The minimum atomic E-state index is -0.431. The lowest BCUT2D eigenvalue weighted by Gasteiger charge is -2.12. The predicted octanol–water partition coefficient (Wildman–Crippen LogP) is 4.06. The lowest BCUT2D eigenvalue weighted by molar-refractivity contribution is -0.115. The van der Waals surface area contributed by atoms with Crippen LogP contribution in [-0.4, -0.2) is 22.1 Å². The van der Waals surface area contributed by atoms with E-state index in [-0.39, 0.29) is 17.5 Å². The van der Waals surface area contributed by atoms with Crippen LogP contribution in [-0.2, 0) is 4.79 Å². The highest BCUT2D eigenvalue weighted by molar-refractivity contribution is 8.00. The van der Waals surface area contributed by atoms with Crippen molar-refractivity contribution in [3.05, 3.63) is 77.4 Å². The van der Waals surface area contributed by atoms with Gasteiger partial charge in [0.15, 0.2) is 0 Å². The van der Waals surface area contributed by atoms with E-state index in [1.54, 1.807) is 47.9 Å². The zero-order valence-corrected chi connectivity index (χ0v) is 16.3. The maximum absolute atomic E-state index is 14.2.